The molecule has 1 atom stereocenters. The molecule has 8 nitrogen and oxygen atoms in total. The smallest absolute Gasteiger partial charge is 0.337 e. The Morgan fingerprint density at radius 3 is 2.72 bits per heavy atom. The summed E-state index contributed by atoms with van der Waals surface area (Å²) in [6.45, 7) is 1.68. The highest BCUT2D eigenvalue weighted by Crippen LogP contribution is 2.00. The highest BCUT2D eigenvalue weighted by Gasteiger charge is 2.30. The van der Waals surface area contributed by atoms with Gasteiger partial charge in [0.2, 0.25) is 0 Å². The fraction of sp³-hybridized carbons (Fsp3) is 0.500. The largest absolute Gasteiger partial charge is 0.479 e. The quantitative estimate of drug-likeness (QED) is 0.522. The summed E-state index contributed by atoms with van der Waals surface area (Å²) in [6, 6.07) is -0.531. The highest BCUT2D eigenvalue weighted by molar-refractivity contribution is 5.79. The normalized spacial score (nSPS) is 13.7. The van der Waals surface area contributed by atoms with Crippen LogP contribution in [0.3, 0.4) is 0 Å². The lowest BCUT2D eigenvalue weighted by Gasteiger charge is -2.18. The van der Waals surface area contributed by atoms with Crippen molar-refractivity contribution in [1.82, 2.24) is 20.2 Å². The Bertz CT molecular complexity index is 402. The summed E-state index contributed by atoms with van der Waals surface area (Å²) in [6.07, 6.45) is 5.01. The van der Waals surface area contributed by atoms with E-state index >= 15 is 0 Å². The molecule has 1 heterocycles. The molecule has 0 saturated carbocycles. The lowest BCUT2D eigenvalue weighted by atomic mass is 10.1. The number of amides is 2. The third-order valence-corrected chi connectivity index (χ3v) is 2.27. The predicted molar refractivity (Wildman–Crippen MR) is 61.9 cm³/mol. The van der Waals surface area contributed by atoms with E-state index in [4.69, 9.17) is 5.11 Å². The van der Waals surface area contributed by atoms with Crippen LogP contribution in [0, 0.1) is 0 Å². The Morgan fingerprint density at radius 2 is 2.17 bits per heavy atom. The number of carboxylic acids is 1. The average Bonchev–Trinajstić information content (AvgIpc) is 2.79. The van der Waals surface area contributed by atoms with Gasteiger partial charge in [-0.05, 0) is 6.92 Å². The summed E-state index contributed by atoms with van der Waals surface area (Å²) >= 11 is 0. The van der Waals surface area contributed by atoms with Gasteiger partial charge >= 0.3 is 12.0 Å². The summed E-state index contributed by atoms with van der Waals surface area (Å²) in [5.74, 6) is -1.39. The Hall–Kier alpha value is -2.09. The molecule has 8 heteroatoms. The van der Waals surface area contributed by atoms with Crippen LogP contribution >= 0.6 is 0 Å². The maximum absolute atomic E-state index is 11.3. The van der Waals surface area contributed by atoms with Crippen LogP contribution in [0.4, 0.5) is 4.79 Å². The van der Waals surface area contributed by atoms with Crippen molar-refractivity contribution in [3.8, 4) is 0 Å². The molecule has 1 aromatic heterocycles. The summed E-state index contributed by atoms with van der Waals surface area (Å²) in [5.41, 5.74) is -1.97. The van der Waals surface area contributed by atoms with Gasteiger partial charge in [0.25, 0.3) is 0 Å². The minimum atomic E-state index is -1.97. The number of hydrogen-bond donors (Lipinski definition) is 4. The van der Waals surface area contributed by atoms with Crippen molar-refractivity contribution >= 4 is 12.0 Å². The number of carboxylic acid groups (broad SMARTS) is 1. The number of carbonyl (C=O) groups excluding carboxylic acids is 1. The third-order valence-electron chi connectivity index (χ3n) is 2.27. The number of aromatic nitrogens is 2. The minimum absolute atomic E-state index is 0.362. The number of rotatable bonds is 6. The van der Waals surface area contributed by atoms with E-state index in [9.17, 15) is 14.7 Å². The molecule has 0 aromatic carbocycles. The zero-order valence-electron chi connectivity index (χ0n) is 9.96. The number of aliphatic hydroxyl groups is 1. The molecule has 0 saturated heterocycles. The number of nitrogens with zero attached hydrogens (tertiary/aromatic N) is 2. The highest BCUT2D eigenvalue weighted by atomic mass is 16.4. The molecule has 1 unspecified atom stereocenters. The molecule has 4 N–H and O–H groups in total. The monoisotopic (exact) mass is 256 g/mol. The zero-order chi connectivity index (χ0) is 13.6. The summed E-state index contributed by atoms with van der Waals surface area (Å²) in [7, 11) is 0. The van der Waals surface area contributed by atoms with Gasteiger partial charge < -0.3 is 25.4 Å². The lowest BCUT2D eigenvalue weighted by Crippen LogP contribution is -2.49. The molecule has 0 fully saturated rings. The van der Waals surface area contributed by atoms with Gasteiger partial charge in [-0.15, -0.1) is 0 Å². The first-order chi connectivity index (χ1) is 8.42. The van der Waals surface area contributed by atoms with E-state index in [0.29, 0.717) is 13.1 Å². The Morgan fingerprint density at radius 1 is 1.44 bits per heavy atom. The van der Waals surface area contributed by atoms with E-state index in [1.165, 1.54) is 0 Å². The van der Waals surface area contributed by atoms with E-state index in [1.54, 1.807) is 23.3 Å². The van der Waals surface area contributed by atoms with Crippen LogP contribution in [0.1, 0.15) is 6.92 Å². The Labute approximate surface area is 104 Å². The van der Waals surface area contributed by atoms with Gasteiger partial charge in [0.05, 0.1) is 12.9 Å². The van der Waals surface area contributed by atoms with Gasteiger partial charge in [-0.25, -0.2) is 14.6 Å². The van der Waals surface area contributed by atoms with Crippen LogP contribution < -0.4 is 10.6 Å². The zero-order valence-corrected chi connectivity index (χ0v) is 9.96. The van der Waals surface area contributed by atoms with Gasteiger partial charge in [0.15, 0.2) is 5.60 Å². The number of imidazole rings is 1. The Balaban J connectivity index is 2.20. The van der Waals surface area contributed by atoms with Gasteiger partial charge in [0, 0.05) is 25.5 Å². The second-order valence-corrected chi connectivity index (χ2v) is 3.99. The molecule has 1 rings (SSSR count). The number of hydrogen-bond acceptors (Lipinski definition) is 4. The maximum Gasteiger partial charge on any atom is 0.337 e. The summed E-state index contributed by atoms with van der Waals surface area (Å²) < 4.78 is 1.79. The van der Waals surface area contributed by atoms with Crippen molar-refractivity contribution in [1.29, 1.82) is 0 Å². The van der Waals surface area contributed by atoms with E-state index in [2.05, 4.69) is 15.6 Å². The van der Waals surface area contributed by atoms with Crippen LogP contribution in [0.15, 0.2) is 18.7 Å². The van der Waals surface area contributed by atoms with Gasteiger partial charge in [-0.1, -0.05) is 0 Å². The van der Waals surface area contributed by atoms with Crippen LogP contribution in [-0.2, 0) is 11.3 Å². The van der Waals surface area contributed by atoms with Crippen molar-refractivity contribution in [2.45, 2.75) is 19.1 Å². The standard InChI is InChI=1S/C10H16N4O4/c1-10(18,8(15)16)6-13-9(17)12-3-5-14-4-2-11-7-14/h2,4,7,18H,3,5-6H2,1H3,(H,15,16)(H2,12,13,17). The molecular formula is C10H16N4O4. The minimum Gasteiger partial charge on any atom is -0.479 e. The van der Waals surface area contributed by atoms with Gasteiger partial charge in [-0.2, -0.15) is 0 Å². The van der Waals surface area contributed by atoms with Crippen molar-refractivity contribution in [2.75, 3.05) is 13.1 Å². The topological polar surface area (TPSA) is 116 Å². The maximum atomic E-state index is 11.3. The second-order valence-electron chi connectivity index (χ2n) is 3.99. The molecular weight excluding hydrogens is 240 g/mol. The molecule has 1 aromatic rings. The molecule has 100 valence electrons. The lowest BCUT2D eigenvalue weighted by molar-refractivity contribution is -0.155. The molecule has 0 aliphatic rings. The molecule has 0 radical (unpaired) electrons. The van der Waals surface area contributed by atoms with E-state index < -0.39 is 17.6 Å². The molecule has 2 amide bonds. The van der Waals surface area contributed by atoms with Crippen molar-refractivity contribution in [2.24, 2.45) is 0 Å². The number of nitrogens with one attached hydrogen (secondary N) is 2. The van der Waals surface area contributed by atoms with Crippen LogP contribution in [0.2, 0.25) is 0 Å². The summed E-state index contributed by atoms with van der Waals surface area (Å²) in [4.78, 5) is 25.7. The van der Waals surface area contributed by atoms with E-state index in [-0.39, 0.29) is 6.54 Å². The van der Waals surface area contributed by atoms with E-state index in [0.717, 1.165) is 6.92 Å². The van der Waals surface area contributed by atoms with Crippen molar-refractivity contribution in [3.63, 3.8) is 0 Å². The van der Waals surface area contributed by atoms with Gasteiger partial charge in [-0.3, -0.25) is 0 Å². The number of urea groups is 1. The number of aliphatic carboxylic acids is 1. The van der Waals surface area contributed by atoms with Crippen LogP contribution in [0.5, 0.6) is 0 Å². The van der Waals surface area contributed by atoms with Gasteiger partial charge in [0.1, 0.15) is 0 Å². The fourth-order valence-electron chi connectivity index (χ4n) is 1.11. The third kappa shape index (κ3) is 4.42. The fourth-order valence-corrected chi connectivity index (χ4v) is 1.11. The first-order valence-corrected chi connectivity index (χ1v) is 5.35. The predicted octanol–water partition coefficient (Wildman–Crippen LogP) is -0.982. The first-order valence-electron chi connectivity index (χ1n) is 5.35. The average molecular weight is 256 g/mol. The van der Waals surface area contributed by atoms with Crippen LogP contribution in [-0.4, -0.2) is 50.5 Å². The molecule has 0 bridgehead atoms. The van der Waals surface area contributed by atoms with Crippen molar-refractivity contribution in [3.05, 3.63) is 18.7 Å². The van der Waals surface area contributed by atoms with E-state index in [1.807, 2.05) is 0 Å². The summed E-state index contributed by atoms with van der Waals surface area (Å²) in [5, 5.41) is 22.8. The molecule has 0 aliphatic carbocycles. The Kier molecular flexibility index (Phi) is 4.67. The first kappa shape index (κ1) is 14.0. The molecule has 18 heavy (non-hydrogen) atoms. The van der Waals surface area contributed by atoms with Crippen molar-refractivity contribution < 1.29 is 19.8 Å². The SMILES string of the molecule is CC(O)(CNC(=O)NCCn1ccnc1)C(=O)O. The number of carbonyl (C=O) groups is 2. The molecule has 0 spiro atoms. The molecule has 0 aliphatic heterocycles. The van der Waals surface area contributed by atoms with Crippen LogP contribution in [0.25, 0.3) is 0 Å². The second kappa shape index (κ2) is 6.01.